The van der Waals surface area contributed by atoms with Crippen molar-refractivity contribution in [3.05, 3.63) is 0 Å². The number of carbonyl (C=O) groups is 7. The number of carboxylic acid groups (broad SMARTS) is 1. The van der Waals surface area contributed by atoms with Crippen LogP contribution in [0.4, 0.5) is 0 Å². The quantitative estimate of drug-likeness (QED) is 0.0334. The Hall–Kier alpha value is -4.48. The molecule has 0 heterocycles. The van der Waals surface area contributed by atoms with Crippen LogP contribution in [0.5, 0.6) is 0 Å². The Morgan fingerprint density at radius 1 is 0.727 bits per heavy atom. The number of carbonyl (C=O) groups excluding carboxylic acids is 6. The predicted molar refractivity (Wildman–Crippen MR) is 160 cm³/mol. The molecule has 0 aromatic rings. The van der Waals surface area contributed by atoms with Crippen LogP contribution in [0.25, 0.3) is 0 Å². The normalized spacial score (nSPS) is 15.0. The van der Waals surface area contributed by atoms with Crippen molar-refractivity contribution in [1.29, 1.82) is 0 Å². The molecule has 15 N–H and O–H groups in total. The molecule has 250 valence electrons. The van der Waals surface area contributed by atoms with E-state index in [0.717, 1.165) is 0 Å². The van der Waals surface area contributed by atoms with E-state index in [4.69, 9.17) is 28.7 Å². The summed E-state index contributed by atoms with van der Waals surface area (Å²) in [5.41, 5.74) is 26.7. The number of guanidine groups is 1. The second-order valence-electron chi connectivity index (χ2n) is 10.8. The Kier molecular flexibility index (Phi) is 17.7. The zero-order valence-corrected chi connectivity index (χ0v) is 25.6. The Balaban J connectivity index is 6.09. The smallest absolute Gasteiger partial charge is 0.326 e. The fraction of sp³-hybridized carbons (Fsp3) is 0.692. The number of nitrogens with two attached hydrogens (primary N) is 5. The van der Waals surface area contributed by atoms with Gasteiger partial charge >= 0.3 is 5.97 Å². The first kappa shape index (κ1) is 39.5. The maximum Gasteiger partial charge on any atom is 0.326 e. The van der Waals surface area contributed by atoms with Crippen molar-refractivity contribution in [2.75, 3.05) is 6.54 Å². The molecule has 0 fully saturated rings. The van der Waals surface area contributed by atoms with Gasteiger partial charge in [-0.05, 0) is 31.1 Å². The van der Waals surface area contributed by atoms with E-state index in [2.05, 4.69) is 26.3 Å². The molecule has 0 aromatic carbocycles. The van der Waals surface area contributed by atoms with Gasteiger partial charge in [0.1, 0.15) is 24.2 Å². The minimum Gasteiger partial charge on any atom is -0.480 e. The second-order valence-corrected chi connectivity index (χ2v) is 10.8. The van der Waals surface area contributed by atoms with Gasteiger partial charge in [0, 0.05) is 13.0 Å². The molecule has 6 amide bonds. The van der Waals surface area contributed by atoms with Crippen molar-refractivity contribution in [2.24, 2.45) is 45.5 Å². The van der Waals surface area contributed by atoms with Gasteiger partial charge in [-0.15, -0.1) is 0 Å². The number of nitrogens with zero attached hydrogens (tertiary/aromatic N) is 1. The van der Waals surface area contributed by atoms with E-state index in [1.807, 2.05) is 0 Å². The van der Waals surface area contributed by atoms with Crippen LogP contribution >= 0.6 is 0 Å². The van der Waals surface area contributed by atoms with Crippen LogP contribution in [-0.4, -0.2) is 89.2 Å². The minimum absolute atomic E-state index is 0.0223. The van der Waals surface area contributed by atoms with Crippen LogP contribution < -0.4 is 49.9 Å². The average Bonchev–Trinajstić information content (AvgIpc) is 2.92. The largest absolute Gasteiger partial charge is 0.480 e. The molecule has 0 aromatic heterocycles. The third kappa shape index (κ3) is 15.1. The Bertz CT molecular complexity index is 1060. The number of hydrogen-bond acceptors (Lipinski definition) is 9. The fourth-order valence-electron chi connectivity index (χ4n) is 3.90. The van der Waals surface area contributed by atoms with Crippen molar-refractivity contribution in [3.8, 4) is 0 Å². The number of carboxylic acids is 1. The minimum atomic E-state index is -1.40. The molecule has 6 atom stereocenters. The SMILES string of the molecule is CC[C@H](C)[C@H](NC(=O)[C@H](CCC(N)=O)NC(=O)[C@H](CCCN=C(N)N)NC(=O)[C@@H](N)CC(N)=O)C(=O)N[C@H](C(=O)O)C(C)C. The third-order valence-corrected chi connectivity index (χ3v) is 6.67. The Morgan fingerprint density at radius 3 is 1.73 bits per heavy atom. The molecule has 0 radical (unpaired) electrons. The number of aliphatic carboxylic acids is 1. The molecule has 44 heavy (non-hydrogen) atoms. The first-order valence-electron chi connectivity index (χ1n) is 14.2. The van der Waals surface area contributed by atoms with Crippen LogP contribution in [0, 0.1) is 11.8 Å². The van der Waals surface area contributed by atoms with Gasteiger partial charge in [0.25, 0.3) is 0 Å². The molecular weight excluding hydrogens is 580 g/mol. The molecule has 18 nitrogen and oxygen atoms in total. The molecule has 0 aliphatic rings. The first-order valence-corrected chi connectivity index (χ1v) is 14.2. The average molecular weight is 629 g/mol. The van der Waals surface area contributed by atoms with Gasteiger partial charge in [0.2, 0.25) is 35.4 Å². The topological polar surface area (TPSA) is 330 Å². The zero-order chi connectivity index (χ0) is 34.1. The van der Waals surface area contributed by atoms with E-state index in [1.54, 1.807) is 27.7 Å². The lowest BCUT2D eigenvalue weighted by Crippen LogP contribution is -2.60. The van der Waals surface area contributed by atoms with Gasteiger partial charge in [-0.2, -0.15) is 0 Å². The van der Waals surface area contributed by atoms with Crippen molar-refractivity contribution < 1.29 is 38.7 Å². The van der Waals surface area contributed by atoms with Crippen molar-refractivity contribution >= 4 is 47.4 Å². The number of hydrogen-bond donors (Lipinski definition) is 10. The summed E-state index contributed by atoms with van der Waals surface area (Å²) in [6, 6.07) is -6.45. The second kappa shape index (κ2) is 19.7. The molecule has 0 bridgehead atoms. The Labute approximate surface area is 256 Å². The predicted octanol–water partition coefficient (Wildman–Crippen LogP) is -3.77. The molecule has 0 aliphatic heterocycles. The molecule has 0 aliphatic carbocycles. The summed E-state index contributed by atoms with van der Waals surface area (Å²) in [4.78, 5) is 90.6. The van der Waals surface area contributed by atoms with Gasteiger partial charge in [0.05, 0.1) is 12.5 Å². The van der Waals surface area contributed by atoms with Crippen molar-refractivity contribution in [3.63, 3.8) is 0 Å². The van der Waals surface area contributed by atoms with Gasteiger partial charge in [-0.25, -0.2) is 4.79 Å². The summed E-state index contributed by atoms with van der Waals surface area (Å²) in [5, 5.41) is 19.3. The van der Waals surface area contributed by atoms with Crippen molar-refractivity contribution in [1.82, 2.24) is 21.3 Å². The van der Waals surface area contributed by atoms with E-state index < -0.39 is 89.9 Å². The van der Waals surface area contributed by atoms with Gasteiger partial charge < -0.3 is 55.0 Å². The highest BCUT2D eigenvalue weighted by Gasteiger charge is 2.34. The highest BCUT2D eigenvalue weighted by Crippen LogP contribution is 2.12. The van der Waals surface area contributed by atoms with Crippen LogP contribution in [0.3, 0.4) is 0 Å². The van der Waals surface area contributed by atoms with E-state index in [9.17, 15) is 38.7 Å². The number of aliphatic imine (C=N–C) groups is 1. The zero-order valence-electron chi connectivity index (χ0n) is 25.6. The first-order chi connectivity index (χ1) is 20.4. The van der Waals surface area contributed by atoms with Crippen molar-refractivity contribution in [2.45, 2.75) is 96.4 Å². The van der Waals surface area contributed by atoms with E-state index in [1.165, 1.54) is 0 Å². The number of primary amides is 2. The highest BCUT2D eigenvalue weighted by atomic mass is 16.4. The fourth-order valence-corrected chi connectivity index (χ4v) is 3.90. The maximum atomic E-state index is 13.4. The van der Waals surface area contributed by atoms with Crippen LogP contribution in [0.2, 0.25) is 0 Å². The van der Waals surface area contributed by atoms with Crippen LogP contribution in [-0.2, 0) is 33.6 Å². The summed E-state index contributed by atoms with van der Waals surface area (Å²) < 4.78 is 0. The third-order valence-electron chi connectivity index (χ3n) is 6.67. The number of nitrogens with one attached hydrogen (secondary N) is 4. The highest BCUT2D eigenvalue weighted by molar-refractivity contribution is 5.96. The Morgan fingerprint density at radius 2 is 1.25 bits per heavy atom. The lowest BCUT2D eigenvalue weighted by Gasteiger charge is -2.29. The van der Waals surface area contributed by atoms with Crippen LogP contribution in [0.15, 0.2) is 4.99 Å². The molecule has 18 heteroatoms. The molecule has 0 saturated heterocycles. The lowest BCUT2D eigenvalue weighted by molar-refractivity contribution is -0.144. The number of amides is 6. The molecule has 0 saturated carbocycles. The summed E-state index contributed by atoms with van der Waals surface area (Å²) in [6.07, 6.45) is -0.469. The molecule has 0 rings (SSSR count). The summed E-state index contributed by atoms with van der Waals surface area (Å²) in [5.74, 6) is -7.28. The molecular formula is C26H48N10O8. The van der Waals surface area contributed by atoms with E-state index in [0.29, 0.717) is 6.42 Å². The monoisotopic (exact) mass is 628 g/mol. The standard InChI is InChI=1S/C26H48N10O8/c1-5-13(4)20(24(42)35-19(12(2)3)25(43)44)36-23(41)16(8-9-17(28)37)34-22(40)15(7-6-10-32-26(30)31)33-21(39)14(27)11-18(29)38/h12-16,19-20H,5-11,27H2,1-4H3,(H2,28,37)(H2,29,38)(H,33,39)(H,34,40)(H,35,42)(H,36,41)(H,43,44)(H4,30,31,32)/t13-,14-,15-,16-,19-,20-/m0/s1. The maximum absolute atomic E-state index is 13.4. The van der Waals surface area contributed by atoms with Gasteiger partial charge in [-0.3, -0.25) is 33.8 Å². The molecule has 0 spiro atoms. The molecule has 0 unspecified atom stereocenters. The summed E-state index contributed by atoms with van der Waals surface area (Å²) in [6.45, 7) is 6.75. The van der Waals surface area contributed by atoms with Gasteiger partial charge in [-0.1, -0.05) is 34.1 Å². The lowest BCUT2D eigenvalue weighted by atomic mass is 9.96. The van der Waals surface area contributed by atoms with Gasteiger partial charge in [0.15, 0.2) is 5.96 Å². The van der Waals surface area contributed by atoms with E-state index in [-0.39, 0.29) is 38.2 Å². The van der Waals surface area contributed by atoms with E-state index >= 15 is 0 Å². The number of rotatable bonds is 21. The van der Waals surface area contributed by atoms with Crippen LogP contribution in [0.1, 0.15) is 66.2 Å². The summed E-state index contributed by atoms with van der Waals surface area (Å²) >= 11 is 0. The summed E-state index contributed by atoms with van der Waals surface area (Å²) in [7, 11) is 0.